The molecule has 0 atom stereocenters. The Hall–Kier alpha value is -1.50. The second-order valence-electron chi connectivity index (χ2n) is 3.73. The molecule has 0 amide bonds. The number of ether oxygens (including phenoxy) is 3. The van der Waals surface area contributed by atoms with Crippen molar-refractivity contribution in [3.05, 3.63) is 23.8 Å². The molecule has 1 aromatic rings. The van der Waals surface area contributed by atoms with Crippen molar-refractivity contribution >= 4 is 0 Å². The maximum absolute atomic E-state index is 12.8. The lowest BCUT2D eigenvalue weighted by molar-refractivity contribution is -0.286. The molecule has 0 unspecified atom stereocenters. The highest BCUT2D eigenvalue weighted by atomic mass is 19.3. The van der Waals surface area contributed by atoms with Crippen molar-refractivity contribution in [1.29, 1.82) is 0 Å². The molecule has 0 radical (unpaired) electrons. The predicted octanol–water partition coefficient (Wildman–Crippen LogP) is 3.53. The zero-order chi connectivity index (χ0) is 13.4. The molecule has 0 bridgehead atoms. The van der Waals surface area contributed by atoms with Crippen LogP contribution in [0.15, 0.2) is 18.2 Å². The fourth-order valence-corrected chi connectivity index (χ4v) is 1.37. The average Bonchev–Trinajstić information content (AvgIpc) is 2.59. The van der Waals surface area contributed by atoms with Crippen LogP contribution >= 0.6 is 0 Å². The van der Waals surface area contributed by atoms with E-state index in [0.717, 1.165) is 0 Å². The fraction of sp³-hybridized carbons (Fsp3) is 0.455. The van der Waals surface area contributed by atoms with E-state index in [4.69, 9.17) is 0 Å². The summed E-state index contributed by atoms with van der Waals surface area (Å²) in [5, 5.41) is 0. The van der Waals surface area contributed by atoms with E-state index in [0.29, 0.717) is 5.56 Å². The number of hydrogen-bond donors (Lipinski definition) is 0. The summed E-state index contributed by atoms with van der Waals surface area (Å²) in [5.74, 6) is -0.327. The van der Waals surface area contributed by atoms with E-state index < -0.39 is 25.4 Å². The van der Waals surface area contributed by atoms with E-state index in [-0.39, 0.29) is 11.5 Å². The molecule has 1 aliphatic rings. The molecule has 0 fully saturated rings. The Morgan fingerprint density at radius 3 is 2.56 bits per heavy atom. The minimum absolute atomic E-state index is 0.133. The highest BCUT2D eigenvalue weighted by molar-refractivity contribution is 5.45. The van der Waals surface area contributed by atoms with E-state index in [9.17, 15) is 17.6 Å². The summed E-state index contributed by atoms with van der Waals surface area (Å²) in [6, 6.07) is 3.76. The maximum atomic E-state index is 12.8. The van der Waals surface area contributed by atoms with Crippen LogP contribution in [0.4, 0.5) is 17.6 Å². The summed E-state index contributed by atoms with van der Waals surface area (Å²) >= 11 is 0. The van der Waals surface area contributed by atoms with Crippen LogP contribution in [0.25, 0.3) is 0 Å². The van der Waals surface area contributed by atoms with Crippen LogP contribution in [-0.2, 0) is 11.3 Å². The Kier molecular flexibility index (Phi) is 3.10. The number of fused-ring (bicyclic) bond motifs is 1. The molecule has 0 aromatic heterocycles. The summed E-state index contributed by atoms with van der Waals surface area (Å²) in [6.07, 6.45) is -7.41. The number of halogens is 4. The van der Waals surface area contributed by atoms with Gasteiger partial charge in [-0.2, -0.15) is 8.78 Å². The molecule has 18 heavy (non-hydrogen) atoms. The topological polar surface area (TPSA) is 27.7 Å². The molecule has 1 heterocycles. The highest BCUT2D eigenvalue weighted by Gasteiger charge is 2.43. The highest BCUT2D eigenvalue weighted by Crippen LogP contribution is 2.41. The molecule has 0 spiro atoms. The largest absolute Gasteiger partial charge is 0.586 e. The lowest BCUT2D eigenvalue weighted by Gasteiger charge is -2.14. The third kappa shape index (κ3) is 2.84. The minimum Gasteiger partial charge on any atom is -0.395 e. The van der Waals surface area contributed by atoms with Crippen LogP contribution in [0.1, 0.15) is 18.9 Å². The molecule has 2 rings (SSSR count). The smallest absolute Gasteiger partial charge is 0.395 e. The van der Waals surface area contributed by atoms with Crippen molar-refractivity contribution in [3.63, 3.8) is 0 Å². The molecule has 0 saturated carbocycles. The zero-order valence-electron chi connectivity index (χ0n) is 9.38. The first-order valence-corrected chi connectivity index (χ1v) is 5.22. The molecule has 1 aromatic carbocycles. The Labute approximate surface area is 100 Å². The monoisotopic (exact) mass is 266 g/mol. The number of benzene rings is 1. The minimum atomic E-state index is -3.71. The van der Waals surface area contributed by atoms with Crippen molar-refractivity contribution in [2.75, 3.05) is 0 Å². The van der Waals surface area contributed by atoms with Gasteiger partial charge in [0.2, 0.25) is 0 Å². The molecular weight excluding hydrogens is 256 g/mol. The first-order chi connectivity index (χ1) is 8.31. The lowest BCUT2D eigenvalue weighted by Crippen LogP contribution is -2.25. The Balaban J connectivity index is 2.05. The van der Waals surface area contributed by atoms with Crippen molar-refractivity contribution in [2.45, 2.75) is 32.4 Å². The van der Waals surface area contributed by atoms with Gasteiger partial charge in [0.05, 0.1) is 6.61 Å². The number of alkyl halides is 4. The standard InChI is InChI=1S/C11H10F4O3/c1-2-10(12,13)16-6-7-3-4-8-9(5-7)18-11(14,15)17-8/h3-5H,2,6H2,1H3. The van der Waals surface area contributed by atoms with Gasteiger partial charge < -0.3 is 14.2 Å². The van der Waals surface area contributed by atoms with E-state index in [2.05, 4.69) is 14.2 Å². The van der Waals surface area contributed by atoms with Gasteiger partial charge >= 0.3 is 12.4 Å². The third-order valence-electron chi connectivity index (χ3n) is 2.33. The molecule has 0 N–H and O–H groups in total. The first-order valence-electron chi connectivity index (χ1n) is 5.22. The lowest BCUT2D eigenvalue weighted by atomic mass is 10.2. The summed E-state index contributed by atoms with van der Waals surface area (Å²) in [7, 11) is 0. The normalized spacial score (nSPS) is 16.9. The van der Waals surface area contributed by atoms with E-state index in [1.807, 2.05) is 0 Å². The number of hydrogen-bond acceptors (Lipinski definition) is 3. The van der Waals surface area contributed by atoms with Gasteiger partial charge in [-0.15, -0.1) is 8.78 Å². The van der Waals surface area contributed by atoms with Crippen molar-refractivity contribution in [3.8, 4) is 11.5 Å². The fourth-order valence-electron chi connectivity index (χ4n) is 1.37. The quantitative estimate of drug-likeness (QED) is 0.780. The van der Waals surface area contributed by atoms with Gasteiger partial charge in [0.15, 0.2) is 11.5 Å². The SMILES string of the molecule is CCC(F)(F)OCc1ccc2c(c1)OC(F)(F)O2. The second-order valence-corrected chi connectivity index (χ2v) is 3.73. The first kappa shape index (κ1) is 12.9. The van der Waals surface area contributed by atoms with Gasteiger partial charge in [-0.05, 0) is 17.7 Å². The summed E-state index contributed by atoms with van der Waals surface area (Å²) < 4.78 is 63.8. The predicted molar refractivity (Wildman–Crippen MR) is 52.7 cm³/mol. The van der Waals surface area contributed by atoms with Gasteiger partial charge in [-0.25, -0.2) is 0 Å². The Morgan fingerprint density at radius 1 is 1.22 bits per heavy atom. The molecule has 0 aliphatic carbocycles. The van der Waals surface area contributed by atoms with Gasteiger partial charge in [0.1, 0.15) is 0 Å². The Bertz CT molecular complexity index is 448. The van der Waals surface area contributed by atoms with Crippen LogP contribution in [0.2, 0.25) is 0 Å². The van der Waals surface area contributed by atoms with E-state index in [1.54, 1.807) is 0 Å². The van der Waals surface area contributed by atoms with Crippen LogP contribution < -0.4 is 9.47 Å². The van der Waals surface area contributed by atoms with Crippen LogP contribution in [-0.4, -0.2) is 12.4 Å². The van der Waals surface area contributed by atoms with Gasteiger partial charge in [0, 0.05) is 6.42 Å². The Morgan fingerprint density at radius 2 is 1.89 bits per heavy atom. The molecular formula is C11H10F4O3. The van der Waals surface area contributed by atoms with Crippen LogP contribution in [0.3, 0.4) is 0 Å². The second kappa shape index (κ2) is 4.31. The summed E-state index contributed by atoms with van der Waals surface area (Å²) in [5.41, 5.74) is 0.295. The van der Waals surface area contributed by atoms with Gasteiger partial charge in [-0.1, -0.05) is 13.0 Å². The van der Waals surface area contributed by atoms with E-state index in [1.165, 1.54) is 25.1 Å². The van der Waals surface area contributed by atoms with Crippen molar-refractivity contribution in [2.24, 2.45) is 0 Å². The zero-order valence-corrected chi connectivity index (χ0v) is 9.38. The van der Waals surface area contributed by atoms with E-state index >= 15 is 0 Å². The maximum Gasteiger partial charge on any atom is 0.586 e. The van der Waals surface area contributed by atoms with Gasteiger partial charge in [-0.3, -0.25) is 0 Å². The molecule has 7 heteroatoms. The molecule has 100 valence electrons. The molecule has 1 aliphatic heterocycles. The van der Waals surface area contributed by atoms with Crippen molar-refractivity contribution < 1.29 is 31.8 Å². The number of rotatable bonds is 4. The van der Waals surface area contributed by atoms with Crippen LogP contribution in [0.5, 0.6) is 11.5 Å². The third-order valence-corrected chi connectivity index (χ3v) is 2.33. The molecule has 0 saturated heterocycles. The average molecular weight is 266 g/mol. The summed E-state index contributed by atoms with van der Waals surface area (Å²) in [4.78, 5) is 0. The van der Waals surface area contributed by atoms with Crippen molar-refractivity contribution in [1.82, 2.24) is 0 Å². The van der Waals surface area contributed by atoms with Gasteiger partial charge in [0.25, 0.3) is 0 Å². The summed E-state index contributed by atoms with van der Waals surface area (Å²) in [6.45, 7) is 0.878. The van der Waals surface area contributed by atoms with Crippen LogP contribution in [0, 0.1) is 0 Å². The molecule has 3 nitrogen and oxygen atoms in total.